The first kappa shape index (κ1) is 17.2. The Morgan fingerprint density at radius 2 is 1.59 bits per heavy atom. The van der Waals surface area contributed by atoms with Gasteiger partial charge in [-0.3, -0.25) is 4.79 Å². The molecule has 4 nitrogen and oxygen atoms in total. The summed E-state index contributed by atoms with van der Waals surface area (Å²) >= 11 is 5.97. The summed E-state index contributed by atoms with van der Waals surface area (Å²) in [4.78, 5) is 17.8. The molecule has 0 bridgehead atoms. The third kappa shape index (κ3) is 3.39. The summed E-state index contributed by atoms with van der Waals surface area (Å²) in [7, 11) is 0. The van der Waals surface area contributed by atoms with Gasteiger partial charge in [-0.2, -0.15) is 9.78 Å². The summed E-state index contributed by atoms with van der Waals surface area (Å²) in [6, 6.07) is 24.2. The first-order valence-corrected chi connectivity index (χ1v) is 8.90. The summed E-state index contributed by atoms with van der Waals surface area (Å²) < 4.78 is 1.38. The SMILES string of the molecule is C/C(=N\n1c(-c2ccccc2)nc2ccccc2c1=O)c1ccc(Cl)cc1. The molecule has 132 valence electrons. The summed E-state index contributed by atoms with van der Waals surface area (Å²) in [5.74, 6) is 0.507. The van der Waals surface area contributed by atoms with Gasteiger partial charge in [-0.25, -0.2) is 4.98 Å². The molecule has 0 fully saturated rings. The number of nitrogens with zero attached hydrogens (tertiary/aromatic N) is 3. The maximum absolute atomic E-state index is 13.1. The van der Waals surface area contributed by atoms with Gasteiger partial charge in [0.05, 0.1) is 16.6 Å². The van der Waals surface area contributed by atoms with Crippen molar-refractivity contribution in [2.75, 3.05) is 0 Å². The Labute approximate surface area is 161 Å². The van der Waals surface area contributed by atoms with Crippen LogP contribution in [-0.4, -0.2) is 15.4 Å². The van der Waals surface area contributed by atoms with Crippen molar-refractivity contribution in [2.45, 2.75) is 6.92 Å². The van der Waals surface area contributed by atoms with Gasteiger partial charge in [0.2, 0.25) is 0 Å². The lowest BCUT2D eigenvalue weighted by molar-refractivity contribution is 0.824. The van der Waals surface area contributed by atoms with Crippen molar-refractivity contribution in [1.82, 2.24) is 9.66 Å². The monoisotopic (exact) mass is 373 g/mol. The molecule has 0 saturated heterocycles. The standard InChI is InChI=1S/C22H16ClN3O/c1-15(16-11-13-18(23)14-12-16)25-26-21(17-7-3-2-4-8-17)24-20-10-6-5-9-19(20)22(26)27/h2-14H,1H3/b25-15+. The van der Waals surface area contributed by atoms with E-state index >= 15 is 0 Å². The topological polar surface area (TPSA) is 47.2 Å². The van der Waals surface area contributed by atoms with Crippen molar-refractivity contribution >= 4 is 28.2 Å². The molecule has 1 heterocycles. The molecule has 0 radical (unpaired) electrons. The number of rotatable bonds is 3. The molecule has 3 aromatic carbocycles. The second-order valence-corrected chi connectivity index (χ2v) is 6.56. The van der Waals surface area contributed by atoms with Crippen molar-refractivity contribution in [3.05, 3.63) is 99.8 Å². The quantitative estimate of drug-likeness (QED) is 0.475. The van der Waals surface area contributed by atoms with Gasteiger partial charge < -0.3 is 0 Å². The Balaban J connectivity index is 1.98. The fourth-order valence-electron chi connectivity index (χ4n) is 2.89. The van der Waals surface area contributed by atoms with Crippen LogP contribution in [0.1, 0.15) is 12.5 Å². The minimum atomic E-state index is -0.201. The van der Waals surface area contributed by atoms with Crippen molar-refractivity contribution in [3.8, 4) is 11.4 Å². The highest BCUT2D eigenvalue weighted by molar-refractivity contribution is 6.30. The summed E-state index contributed by atoms with van der Waals surface area (Å²) in [5, 5.41) is 5.79. The fourth-order valence-corrected chi connectivity index (χ4v) is 3.02. The van der Waals surface area contributed by atoms with Gasteiger partial charge in [0.15, 0.2) is 5.82 Å². The third-order valence-electron chi connectivity index (χ3n) is 4.30. The Hall–Kier alpha value is -3.24. The Kier molecular flexibility index (Phi) is 4.57. The van der Waals surface area contributed by atoms with Gasteiger partial charge >= 0.3 is 0 Å². The summed E-state index contributed by atoms with van der Waals surface area (Å²) in [6.45, 7) is 1.86. The molecule has 0 spiro atoms. The van der Waals surface area contributed by atoms with E-state index in [1.165, 1.54) is 4.68 Å². The highest BCUT2D eigenvalue weighted by Gasteiger charge is 2.13. The van der Waals surface area contributed by atoms with Gasteiger partial charge in [0.25, 0.3) is 5.56 Å². The maximum atomic E-state index is 13.1. The molecular weight excluding hydrogens is 358 g/mol. The van der Waals surface area contributed by atoms with E-state index < -0.39 is 0 Å². The number of benzene rings is 3. The zero-order chi connectivity index (χ0) is 18.8. The van der Waals surface area contributed by atoms with E-state index in [4.69, 9.17) is 16.6 Å². The molecule has 0 unspecified atom stereocenters. The van der Waals surface area contributed by atoms with Crippen LogP contribution >= 0.6 is 11.6 Å². The lowest BCUT2D eigenvalue weighted by atomic mass is 10.1. The van der Waals surface area contributed by atoms with Gasteiger partial charge in [-0.1, -0.05) is 66.2 Å². The molecular formula is C22H16ClN3O. The van der Waals surface area contributed by atoms with Crippen LogP contribution in [0.2, 0.25) is 5.02 Å². The van der Waals surface area contributed by atoms with Crippen LogP contribution in [0.3, 0.4) is 0 Å². The first-order chi connectivity index (χ1) is 13.1. The van der Waals surface area contributed by atoms with E-state index in [2.05, 4.69) is 5.10 Å². The molecule has 0 atom stereocenters. The minimum absolute atomic E-state index is 0.201. The molecule has 4 aromatic rings. The molecule has 27 heavy (non-hydrogen) atoms. The predicted molar refractivity (Wildman–Crippen MR) is 111 cm³/mol. The molecule has 0 amide bonds. The first-order valence-electron chi connectivity index (χ1n) is 8.52. The molecule has 0 aliphatic heterocycles. The smallest absolute Gasteiger partial charge is 0.267 e. The average molecular weight is 374 g/mol. The number of halogens is 1. The number of aromatic nitrogens is 2. The van der Waals surface area contributed by atoms with E-state index in [1.807, 2.05) is 67.6 Å². The summed E-state index contributed by atoms with van der Waals surface area (Å²) in [6.07, 6.45) is 0. The Morgan fingerprint density at radius 3 is 2.33 bits per heavy atom. The summed E-state index contributed by atoms with van der Waals surface area (Å²) in [5.41, 5.74) is 2.86. The van der Waals surface area contributed by atoms with Crippen LogP contribution < -0.4 is 5.56 Å². The van der Waals surface area contributed by atoms with Crippen LogP contribution in [0.5, 0.6) is 0 Å². The van der Waals surface area contributed by atoms with Gasteiger partial charge in [-0.05, 0) is 36.8 Å². The van der Waals surface area contributed by atoms with Crippen molar-refractivity contribution in [3.63, 3.8) is 0 Å². The zero-order valence-corrected chi connectivity index (χ0v) is 15.4. The molecule has 0 aliphatic carbocycles. The van der Waals surface area contributed by atoms with Crippen molar-refractivity contribution < 1.29 is 0 Å². The van der Waals surface area contributed by atoms with E-state index in [0.717, 1.165) is 11.1 Å². The van der Waals surface area contributed by atoms with E-state index in [-0.39, 0.29) is 5.56 Å². The van der Waals surface area contributed by atoms with Gasteiger partial charge in [0.1, 0.15) is 0 Å². The minimum Gasteiger partial charge on any atom is -0.267 e. The van der Waals surface area contributed by atoms with Crippen LogP contribution in [0, 0.1) is 0 Å². The molecule has 0 aliphatic rings. The lowest BCUT2D eigenvalue weighted by Crippen LogP contribution is -2.21. The number of hydrogen-bond donors (Lipinski definition) is 0. The zero-order valence-electron chi connectivity index (χ0n) is 14.6. The molecule has 4 rings (SSSR count). The number of fused-ring (bicyclic) bond motifs is 1. The van der Waals surface area contributed by atoms with E-state index in [0.29, 0.717) is 27.5 Å². The maximum Gasteiger partial charge on any atom is 0.282 e. The van der Waals surface area contributed by atoms with Crippen LogP contribution in [0.25, 0.3) is 22.3 Å². The van der Waals surface area contributed by atoms with Gasteiger partial charge in [-0.15, -0.1) is 0 Å². The second kappa shape index (κ2) is 7.17. The molecule has 0 saturated carbocycles. The average Bonchev–Trinajstić information content (AvgIpc) is 2.71. The van der Waals surface area contributed by atoms with E-state index in [9.17, 15) is 4.79 Å². The Morgan fingerprint density at radius 1 is 0.926 bits per heavy atom. The fraction of sp³-hybridized carbons (Fsp3) is 0.0455. The lowest BCUT2D eigenvalue weighted by Gasteiger charge is -2.11. The predicted octanol–water partition coefficient (Wildman–Crippen LogP) is 4.99. The van der Waals surface area contributed by atoms with Crippen LogP contribution in [0.15, 0.2) is 88.8 Å². The van der Waals surface area contributed by atoms with Crippen molar-refractivity contribution in [2.24, 2.45) is 5.10 Å². The normalized spacial score (nSPS) is 11.7. The van der Waals surface area contributed by atoms with Crippen LogP contribution in [0.4, 0.5) is 0 Å². The van der Waals surface area contributed by atoms with Crippen molar-refractivity contribution in [1.29, 1.82) is 0 Å². The molecule has 1 aromatic heterocycles. The second-order valence-electron chi connectivity index (χ2n) is 6.13. The third-order valence-corrected chi connectivity index (χ3v) is 4.55. The number of para-hydroxylation sites is 1. The molecule has 5 heteroatoms. The highest BCUT2D eigenvalue weighted by atomic mass is 35.5. The van der Waals surface area contributed by atoms with E-state index in [1.54, 1.807) is 18.2 Å². The molecule has 0 N–H and O–H groups in total. The largest absolute Gasteiger partial charge is 0.282 e. The van der Waals surface area contributed by atoms with Crippen LogP contribution in [-0.2, 0) is 0 Å². The number of hydrogen-bond acceptors (Lipinski definition) is 3. The highest BCUT2D eigenvalue weighted by Crippen LogP contribution is 2.19. The Bertz CT molecular complexity index is 1200. The van der Waals surface area contributed by atoms with Gasteiger partial charge in [0, 0.05) is 10.6 Å².